The molecule has 12 nitrogen and oxygen atoms in total. The molecule has 7 N–H and O–H groups in total. The maximum absolute atomic E-state index is 11.9. The zero-order chi connectivity index (χ0) is 18.8. The molecule has 0 aromatic rings. The molecule has 0 radical (unpaired) electrons. The SMILES string of the molecule is O=CCCNC(CNC(=O)C(NCCC=O)P(=O)(O)O)P(=O)(O)O.[KH].[KH]. The van der Waals surface area contributed by atoms with Crippen molar-refractivity contribution in [3.8, 4) is 0 Å². The Bertz CT molecular complexity index is 528. The Kier molecular flexibility index (Phi) is 21.6. The second-order valence-corrected chi connectivity index (χ2v) is 8.16. The van der Waals surface area contributed by atoms with E-state index in [1.165, 1.54) is 0 Å². The second-order valence-electron chi connectivity index (χ2n) is 4.66. The first-order chi connectivity index (χ1) is 11.0. The van der Waals surface area contributed by atoms with E-state index in [1.54, 1.807) is 0 Å². The third-order valence-corrected chi connectivity index (χ3v) is 4.97. The molecule has 0 saturated carbocycles. The van der Waals surface area contributed by atoms with E-state index in [-0.39, 0.29) is 129 Å². The first-order valence-corrected chi connectivity index (χ1v) is 10.1. The number of carbonyl (C=O) groups excluding carboxylic acids is 3. The van der Waals surface area contributed by atoms with Gasteiger partial charge in [0.1, 0.15) is 18.4 Å². The molecule has 1 amide bonds. The Morgan fingerprint density at radius 3 is 1.73 bits per heavy atom. The summed E-state index contributed by atoms with van der Waals surface area (Å²) in [6.07, 6.45) is 0.927. The van der Waals surface area contributed by atoms with Crippen molar-refractivity contribution in [1.29, 1.82) is 0 Å². The summed E-state index contributed by atoms with van der Waals surface area (Å²) in [5, 5.41) is 6.61. The molecule has 144 valence electrons. The number of carbonyl (C=O) groups is 3. The van der Waals surface area contributed by atoms with Crippen LogP contribution in [0.4, 0.5) is 0 Å². The van der Waals surface area contributed by atoms with Crippen LogP contribution in [0.15, 0.2) is 0 Å². The van der Waals surface area contributed by atoms with E-state index in [9.17, 15) is 23.5 Å². The summed E-state index contributed by atoms with van der Waals surface area (Å²) in [4.78, 5) is 68.9. The van der Waals surface area contributed by atoms with Gasteiger partial charge in [0.05, 0.1) is 0 Å². The Morgan fingerprint density at radius 1 is 0.885 bits per heavy atom. The van der Waals surface area contributed by atoms with E-state index in [2.05, 4.69) is 10.6 Å². The molecule has 0 aliphatic rings. The summed E-state index contributed by atoms with van der Waals surface area (Å²) in [7, 11) is -9.57. The summed E-state index contributed by atoms with van der Waals surface area (Å²) < 4.78 is 22.6. The van der Waals surface area contributed by atoms with Gasteiger partial charge in [-0.1, -0.05) is 0 Å². The topological polar surface area (TPSA) is 202 Å². The predicted octanol–water partition coefficient (Wildman–Crippen LogP) is -3.83. The fourth-order valence-corrected chi connectivity index (χ4v) is 3.02. The molecule has 0 aliphatic heterocycles. The van der Waals surface area contributed by atoms with Crippen molar-refractivity contribution in [3.63, 3.8) is 0 Å². The average Bonchev–Trinajstić information content (AvgIpc) is 2.44. The molecular weight excluding hydrogens is 446 g/mol. The second kappa shape index (κ2) is 17.0. The van der Waals surface area contributed by atoms with E-state index in [1.807, 2.05) is 5.32 Å². The molecule has 0 aromatic carbocycles. The molecule has 0 aromatic heterocycles. The van der Waals surface area contributed by atoms with Crippen LogP contribution < -0.4 is 16.0 Å². The van der Waals surface area contributed by atoms with Crippen LogP contribution in [0.3, 0.4) is 0 Å². The van der Waals surface area contributed by atoms with Crippen molar-refractivity contribution in [2.24, 2.45) is 0 Å². The molecule has 0 heterocycles. The van der Waals surface area contributed by atoms with Gasteiger partial charge in [-0.3, -0.25) is 19.2 Å². The van der Waals surface area contributed by atoms with Gasteiger partial charge in [-0.2, -0.15) is 0 Å². The number of aldehydes is 2. The van der Waals surface area contributed by atoms with Crippen molar-refractivity contribution in [2.75, 3.05) is 19.6 Å². The zero-order valence-corrected chi connectivity index (χ0v) is 14.4. The van der Waals surface area contributed by atoms with Gasteiger partial charge in [-0.25, -0.2) is 0 Å². The molecular formula is C10H23K2N3O9P2. The van der Waals surface area contributed by atoms with Gasteiger partial charge in [-0.15, -0.1) is 0 Å². The average molecular weight is 469 g/mol. The summed E-state index contributed by atoms with van der Waals surface area (Å²) >= 11 is 0. The molecule has 2 unspecified atom stereocenters. The van der Waals surface area contributed by atoms with Crippen LogP contribution in [0.5, 0.6) is 0 Å². The molecule has 0 bridgehead atoms. The Morgan fingerprint density at radius 2 is 1.35 bits per heavy atom. The summed E-state index contributed by atoms with van der Waals surface area (Å²) in [5.74, 6) is -4.65. The number of hydrogen-bond acceptors (Lipinski definition) is 7. The van der Waals surface area contributed by atoms with Gasteiger partial charge < -0.3 is 39.8 Å². The normalized spacial score (nSPS) is 13.5. The van der Waals surface area contributed by atoms with Gasteiger partial charge in [-0.05, 0) is 0 Å². The van der Waals surface area contributed by atoms with Crippen molar-refractivity contribution >= 4 is 136 Å². The molecule has 16 heteroatoms. The van der Waals surface area contributed by atoms with Crippen LogP contribution in [0, 0.1) is 0 Å². The molecule has 0 spiro atoms. The third-order valence-electron chi connectivity index (χ3n) is 2.70. The summed E-state index contributed by atoms with van der Waals surface area (Å²) in [6.45, 7) is -0.825. The Hall–Kier alpha value is 2.30. The monoisotopic (exact) mass is 469 g/mol. The van der Waals surface area contributed by atoms with Crippen molar-refractivity contribution in [1.82, 2.24) is 16.0 Å². The Labute approximate surface area is 235 Å². The van der Waals surface area contributed by atoms with E-state index < -0.39 is 39.2 Å². The van der Waals surface area contributed by atoms with E-state index in [4.69, 9.17) is 19.6 Å². The van der Waals surface area contributed by atoms with Crippen molar-refractivity contribution in [2.45, 2.75) is 24.4 Å². The van der Waals surface area contributed by atoms with Gasteiger partial charge in [0.25, 0.3) is 0 Å². The fourth-order valence-electron chi connectivity index (χ4n) is 1.56. The fraction of sp³-hybridized carbons (Fsp3) is 0.700. The maximum atomic E-state index is 11.9. The quantitative estimate of drug-likeness (QED) is 0.0603. The first kappa shape index (κ1) is 33.0. The van der Waals surface area contributed by atoms with Gasteiger partial charge in [0.15, 0.2) is 5.78 Å². The third kappa shape index (κ3) is 15.2. The van der Waals surface area contributed by atoms with E-state index >= 15 is 0 Å². The minimum absolute atomic E-state index is 0. The Balaban J connectivity index is -0.00000264. The van der Waals surface area contributed by atoms with Gasteiger partial charge >= 0.3 is 118 Å². The molecule has 0 aliphatic carbocycles. The summed E-state index contributed by atoms with van der Waals surface area (Å²) in [6, 6.07) is 0. The van der Waals surface area contributed by atoms with E-state index in [0.717, 1.165) is 0 Å². The van der Waals surface area contributed by atoms with Crippen LogP contribution >= 0.6 is 15.2 Å². The summed E-state index contributed by atoms with van der Waals surface area (Å²) in [5.41, 5.74) is 0. The number of amides is 1. The molecule has 0 rings (SSSR count). The van der Waals surface area contributed by atoms with E-state index in [0.29, 0.717) is 12.6 Å². The predicted molar refractivity (Wildman–Crippen MR) is 96.3 cm³/mol. The number of hydrogen-bond donors (Lipinski definition) is 7. The zero-order valence-electron chi connectivity index (χ0n) is 12.6. The van der Waals surface area contributed by atoms with Crippen LogP contribution in [0.2, 0.25) is 0 Å². The van der Waals surface area contributed by atoms with Crippen LogP contribution in [0.25, 0.3) is 0 Å². The van der Waals surface area contributed by atoms with Gasteiger partial charge in [0.2, 0.25) is 5.91 Å². The van der Waals surface area contributed by atoms with Crippen LogP contribution in [0.1, 0.15) is 12.8 Å². The standard InChI is InChI=1S/C10H21N3O9P2.2K.2H/c14-5-1-3-11-8(23(17,18)19)7-13-9(16)10(24(20,21)22)12-4-2-6-15;;;;/h5-6,8,10-12H,1-4,7H2,(H,13,16)(H2,17,18,19)(H2,20,21,22);;;;. The minimum atomic E-state index is -4.90. The molecule has 2 atom stereocenters. The molecule has 0 fully saturated rings. The molecule has 26 heavy (non-hydrogen) atoms. The van der Waals surface area contributed by atoms with Crippen molar-refractivity contribution < 1.29 is 43.1 Å². The van der Waals surface area contributed by atoms with Gasteiger partial charge in [0, 0.05) is 32.5 Å². The first-order valence-electron chi connectivity index (χ1n) is 6.76. The van der Waals surface area contributed by atoms with Crippen LogP contribution in [-0.2, 0) is 23.5 Å². The van der Waals surface area contributed by atoms with Crippen LogP contribution in [-0.4, -0.2) is 172 Å². The molecule has 0 saturated heterocycles. The number of rotatable bonds is 13. The number of nitrogens with one attached hydrogen (secondary N) is 3. The van der Waals surface area contributed by atoms with Crippen molar-refractivity contribution in [3.05, 3.63) is 0 Å².